The fourth-order valence-electron chi connectivity index (χ4n) is 7.71. The number of allylic oxidation sites excluding steroid dienone is 23. The number of amides is 1. The molecule has 0 radical (unpaired) electrons. The van der Waals surface area contributed by atoms with Gasteiger partial charge in [-0.05, 0) is 103 Å². The Hall–Kier alpha value is -3.93. The highest BCUT2D eigenvalue weighted by Gasteiger charge is 2.44. The van der Waals surface area contributed by atoms with Gasteiger partial charge in [0.1, 0.15) is 24.4 Å². The van der Waals surface area contributed by atoms with E-state index in [0.717, 1.165) is 128 Å². The Morgan fingerprint density at radius 1 is 0.486 bits per heavy atom. The number of hydrogen-bond acceptors (Lipinski definition) is 8. The molecule has 406 valence electrons. The van der Waals surface area contributed by atoms with Crippen LogP contribution in [0.4, 0.5) is 0 Å². The van der Waals surface area contributed by atoms with Gasteiger partial charge in [-0.25, -0.2) is 0 Å². The molecule has 0 aromatic rings. The smallest absolute Gasteiger partial charge is 0.220 e. The summed E-state index contributed by atoms with van der Waals surface area (Å²) >= 11 is 0. The molecule has 0 aliphatic carbocycles. The predicted octanol–water partition coefficient (Wildman–Crippen LogP) is 13.9. The highest BCUT2D eigenvalue weighted by molar-refractivity contribution is 5.76. The number of unbranched alkanes of at least 4 members (excludes halogenated alkanes) is 13. The first-order valence-corrected chi connectivity index (χ1v) is 28.1. The predicted molar refractivity (Wildman–Crippen MR) is 303 cm³/mol. The summed E-state index contributed by atoms with van der Waals surface area (Å²) in [5.74, 6) is -0.203. The SMILES string of the molecule is CC/C=C\C/C=C\C/C=C\C/C=C\C/C=C\C/C=C\C/C=C\C/C=C\C/C=C\C/C=C\CCCCCCCCCCCCC(=O)NC(COC1OC(CO)C(O)C(O)C1O)C(O)/C=C/CC/C=C/CCCC. The average molecular weight is 1000 g/mol. The van der Waals surface area contributed by atoms with Crippen LogP contribution in [0, 0.1) is 0 Å². The standard InChI is InChI=1S/C63H101NO8/c1-3-5-7-9-11-13-14-15-16-17-18-19-20-21-22-23-24-25-26-27-28-29-30-31-32-33-34-35-36-37-38-39-40-41-42-43-44-45-47-49-51-53-59(67)64-56(57(66)52-50-48-46-12-10-8-6-4-2)55-71-63-62(70)61(69)60(68)58(54-65)72-63/h5,7,10-13,15-16,18-19,21-22,24-25,27-28,30-31,33-34,36-37,50,52,56-58,60-63,65-66,68-70H,3-4,6,8-9,14,17,20,23,26,29,32,35,38-49,51,53-55H2,1-2H3,(H,64,67)/b7-5-,12-10+,13-11-,16-15-,19-18-,22-21-,25-24-,28-27-,31-30-,34-33-,37-36-,52-50+. The number of nitrogens with one attached hydrogen (secondary N) is 1. The molecule has 0 spiro atoms. The third kappa shape index (κ3) is 39.6. The van der Waals surface area contributed by atoms with Gasteiger partial charge < -0.3 is 40.3 Å². The van der Waals surface area contributed by atoms with Crippen molar-refractivity contribution in [1.82, 2.24) is 5.32 Å². The van der Waals surface area contributed by atoms with Gasteiger partial charge in [0.05, 0.1) is 25.4 Å². The lowest BCUT2D eigenvalue weighted by Crippen LogP contribution is -2.60. The fourth-order valence-corrected chi connectivity index (χ4v) is 7.71. The highest BCUT2D eigenvalue weighted by Crippen LogP contribution is 2.22. The zero-order valence-corrected chi connectivity index (χ0v) is 44.9. The van der Waals surface area contributed by atoms with Crippen molar-refractivity contribution in [2.45, 2.75) is 230 Å². The Morgan fingerprint density at radius 3 is 1.33 bits per heavy atom. The summed E-state index contributed by atoms with van der Waals surface area (Å²) in [4.78, 5) is 13.0. The van der Waals surface area contributed by atoms with E-state index in [-0.39, 0.29) is 12.5 Å². The lowest BCUT2D eigenvalue weighted by Gasteiger charge is -2.40. The fraction of sp³-hybridized carbons (Fsp3) is 0.603. The Bertz CT molecular complexity index is 1630. The highest BCUT2D eigenvalue weighted by atomic mass is 16.7. The lowest BCUT2D eigenvalue weighted by molar-refractivity contribution is -0.302. The molecule has 7 unspecified atom stereocenters. The third-order valence-electron chi connectivity index (χ3n) is 12.1. The minimum absolute atomic E-state index is 0.203. The summed E-state index contributed by atoms with van der Waals surface area (Å²) in [7, 11) is 0. The molecular weight excluding hydrogens is 899 g/mol. The first-order chi connectivity index (χ1) is 35.3. The number of aliphatic hydroxyl groups excluding tert-OH is 5. The summed E-state index contributed by atoms with van der Waals surface area (Å²) in [6.07, 6.45) is 72.3. The van der Waals surface area contributed by atoms with Crippen molar-refractivity contribution < 1.29 is 39.8 Å². The van der Waals surface area contributed by atoms with Crippen LogP contribution in [0.3, 0.4) is 0 Å². The molecule has 0 aromatic heterocycles. The van der Waals surface area contributed by atoms with Gasteiger partial charge in [0, 0.05) is 6.42 Å². The molecule has 9 heteroatoms. The maximum Gasteiger partial charge on any atom is 0.220 e. The van der Waals surface area contributed by atoms with Crippen molar-refractivity contribution in [2.24, 2.45) is 0 Å². The molecule has 6 N–H and O–H groups in total. The van der Waals surface area contributed by atoms with Crippen LogP contribution >= 0.6 is 0 Å². The molecule has 72 heavy (non-hydrogen) atoms. The summed E-state index contributed by atoms with van der Waals surface area (Å²) < 4.78 is 11.2. The Kier molecular flexibility index (Phi) is 46.4. The maximum absolute atomic E-state index is 13.0. The molecule has 1 aliphatic rings. The Labute approximate surface area is 438 Å². The Morgan fingerprint density at radius 2 is 0.875 bits per heavy atom. The van der Waals surface area contributed by atoms with E-state index in [1.165, 1.54) is 38.5 Å². The summed E-state index contributed by atoms with van der Waals surface area (Å²) in [5.41, 5.74) is 0. The average Bonchev–Trinajstić information content (AvgIpc) is 3.38. The molecule has 1 fully saturated rings. The first-order valence-electron chi connectivity index (χ1n) is 28.1. The number of aliphatic hydroxyl groups is 5. The van der Waals surface area contributed by atoms with E-state index in [2.05, 4.69) is 153 Å². The van der Waals surface area contributed by atoms with Crippen LogP contribution in [-0.2, 0) is 14.3 Å². The summed E-state index contributed by atoms with van der Waals surface area (Å²) in [6.45, 7) is 3.54. The number of carbonyl (C=O) groups is 1. The number of carbonyl (C=O) groups excluding carboxylic acids is 1. The van der Waals surface area contributed by atoms with E-state index in [1.807, 2.05) is 6.08 Å². The monoisotopic (exact) mass is 1000 g/mol. The second-order valence-corrected chi connectivity index (χ2v) is 18.6. The summed E-state index contributed by atoms with van der Waals surface area (Å²) in [6, 6.07) is -0.831. The van der Waals surface area contributed by atoms with E-state index in [9.17, 15) is 30.3 Å². The van der Waals surface area contributed by atoms with Crippen LogP contribution in [0.5, 0.6) is 0 Å². The van der Waals surface area contributed by atoms with Gasteiger partial charge in [0.15, 0.2) is 6.29 Å². The van der Waals surface area contributed by atoms with Crippen molar-refractivity contribution in [3.63, 3.8) is 0 Å². The number of hydrogen-bond donors (Lipinski definition) is 6. The minimum atomic E-state index is -1.58. The van der Waals surface area contributed by atoms with E-state index < -0.39 is 49.5 Å². The molecule has 0 saturated carbocycles. The van der Waals surface area contributed by atoms with Crippen LogP contribution in [0.25, 0.3) is 0 Å². The molecule has 1 rings (SSSR count). The van der Waals surface area contributed by atoms with Crippen LogP contribution < -0.4 is 5.32 Å². The van der Waals surface area contributed by atoms with Gasteiger partial charge in [-0.3, -0.25) is 4.79 Å². The molecule has 0 aromatic carbocycles. The number of rotatable bonds is 45. The van der Waals surface area contributed by atoms with E-state index in [1.54, 1.807) is 6.08 Å². The minimum Gasteiger partial charge on any atom is -0.394 e. The van der Waals surface area contributed by atoms with Crippen molar-refractivity contribution in [1.29, 1.82) is 0 Å². The van der Waals surface area contributed by atoms with Gasteiger partial charge in [-0.2, -0.15) is 0 Å². The van der Waals surface area contributed by atoms with E-state index >= 15 is 0 Å². The van der Waals surface area contributed by atoms with E-state index in [0.29, 0.717) is 6.42 Å². The quantitative estimate of drug-likeness (QED) is 0.0261. The van der Waals surface area contributed by atoms with Crippen molar-refractivity contribution >= 4 is 5.91 Å². The molecule has 1 heterocycles. The lowest BCUT2D eigenvalue weighted by atomic mass is 9.99. The maximum atomic E-state index is 13.0. The largest absolute Gasteiger partial charge is 0.394 e. The normalized spacial score (nSPS) is 20.3. The molecule has 1 saturated heterocycles. The zero-order chi connectivity index (χ0) is 52.2. The molecule has 7 atom stereocenters. The molecule has 9 nitrogen and oxygen atoms in total. The molecular formula is C63H101NO8. The van der Waals surface area contributed by atoms with Crippen LogP contribution in [0.15, 0.2) is 146 Å². The topological polar surface area (TPSA) is 149 Å². The van der Waals surface area contributed by atoms with Crippen molar-refractivity contribution in [2.75, 3.05) is 13.2 Å². The molecule has 0 bridgehead atoms. The van der Waals surface area contributed by atoms with Gasteiger partial charge in [0.2, 0.25) is 5.91 Å². The molecule has 1 amide bonds. The second kappa shape index (κ2) is 50.6. The van der Waals surface area contributed by atoms with Gasteiger partial charge in [0.25, 0.3) is 0 Å². The van der Waals surface area contributed by atoms with Gasteiger partial charge >= 0.3 is 0 Å². The van der Waals surface area contributed by atoms with E-state index in [4.69, 9.17) is 9.47 Å². The number of ether oxygens (including phenoxy) is 2. The Balaban J connectivity index is 2.10. The van der Waals surface area contributed by atoms with Crippen LogP contribution in [0.2, 0.25) is 0 Å². The van der Waals surface area contributed by atoms with Gasteiger partial charge in [-0.1, -0.05) is 224 Å². The first kappa shape index (κ1) is 66.1. The van der Waals surface area contributed by atoms with Crippen LogP contribution in [0.1, 0.15) is 187 Å². The van der Waals surface area contributed by atoms with Crippen molar-refractivity contribution in [3.8, 4) is 0 Å². The zero-order valence-electron chi connectivity index (χ0n) is 44.9. The van der Waals surface area contributed by atoms with Crippen LogP contribution in [-0.4, -0.2) is 87.5 Å². The van der Waals surface area contributed by atoms with Crippen molar-refractivity contribution in [3.05, 3.63) is 146 Å². The van der Waals surface area contributed by atoms with Gasteiger partial charge in [-0.15, -0.1) is 0 Å². The molecule has 1 aliphatic heterocycles. The second-order valence-electron chi connectivity index (χ2n) is 18.6. The third-order valence-corrected chi connectivity index (χ3v) is 12.1. The summed E-state index contributed by atoms with van der Waals surface area (Å²) in [5, 5.41) is 54.0.